The van der Waals surface area contributed by atoms with Crippen LogP contribution in [0.1, 0.15) is 12.5 Å². The van der Waals surface area contributed by atoms with Gasteiger partial charge in [0.2, 0.25) is 5.78 Å². The lowest BCUT2D eigenvalue weighted by Gasteiger charge is -2.49. The van der Waals surface area contributed by atoms with Crippen LogP contribution in [-0.2, 0) is 25.4 Å². The number of hydrogen-bond acceptors (Lipinski definition) is 4. The number of ketones is 1. The van der Waals surface area contributed by atoms with Gasteiger partial charge in [0, 0.05) is 11.8 Å². The summed E-state index contributed by atoms with van der Waals surface area (Å²) in [7, 11) is 0. The van der Waals surface area contributed by atoms with Crippen LogP contribution in [0.25, 0.3) is 0 Å². The first kappa shape index (κ1) is 12.7. The summed E-state index contributed by atoms with van der Waals surface area (Å²) in [5.41, 5.74) is 0.122. The number of rotatable bonds is 3. The van der Waals surface area contributed by atoms with Crippen molar-refractivity contribution in [2.24, 2.45) is 5.41 Å². The number of benzene rings is 1. The number of hydrogen-bond donors (Lipinski definition) is 0. The number of Topliss-reactive ketones (excluding diaryl/α,β-unsaturated/α-hetero) is 1. The molecule has 5 heteroatoms. The summed E-state index contributed by atoms with van der Waals surface area (Å²) in [6.07, 6.45) is -0.108. The first-order valence-corrected chi connectivity index (χ1v) is 6.22. The highest BCUT2D eigenvalue weighted by Gasteiger charge is 2.54. The minimum atomic E-state index is -1.64. The van der Waals surface area contributed by atoms with Crippen molar-refractivity contribution in [2.45, 2.75) is 19.3 Å². The maximum absolute atomic E-state index is 13.5. The summed E-state index contributed by atoms with van der Waals surface area (Å²) in [6, 6.07) is 6.16. The number of halogens is 1. The van der Waals surface area contributed by atoms with Gasteiger partial charge in [-0.1, -0.05) is 25.1 Å². The molecule has 0 aliphatic carbocycles. The van der Waals surface area contributed by atoms with Crippen LogP contribution in [0.5, 0.6) is 0 Å². The van der Waals surface area contributed by atoms with Crippen LogP contribution in [-0.4, -0.2) is 31.6 Å². The van der Waals surface area contributed by atoms with Gasteiger partial charge in [-0.3, -0.25) is 4.79 Å². The van der Waals surface area contributed by atoms with E-state index in [0.29, 0.717) is 25.4 Å². The molecule has 1 aromatic rings. The van der Waals surface area contributed by atoms with E-state index in [9.17, 15) is 9.18 Å². The van der Waals surface area contributed by atoms with E-state index in [1.54, 1.807) is 18.2 Å². The largest absolute Gasteiger partial charge is 0.347 e. The summed E-state index contributed by atoms with van der Waals surface area (Å²) >= 11 is 0. The number of carbonyl (C=O) groups excluding carboxylic acids is 1. The van der Waals surface area contributed by atoms with Crippen LogP contribution < -0.4 is 0 Å². The molecule has 0 aromatic heterocycles. The van der Waals surface area contributed by atoms with Crippen molar-refractivity contribution >= 4 is 5.78 Å². The van der Waals surface area contributed by atoms with Crippen LogP contribution in [0.2, 0.25) is 0 Å². The Labute approximate surface area is 110 Å². The molecule has 3 heterocycles. The van der Waals surface area contributed by atoms with Crippen molar-refractivity contribution in [2.75, 3.05) is 19.8 Å². The molecule has 3 aliphatic heterocycles. The molecule has 4 nitrogen and oxygen atoms in total. The lowest BCUT2D eigenvalue weighted by molar-refractivity contribution is -0.439. The van der Waals surface area contributed by atoms with E-state index in [1.807, 2.05) is 6.92 Å². The average molecular weight is 266 g/mol. The topological polar surface area (TPSA) is 44.8 Å². The van der Waals surface area contributed by atoms with Gasteiger partial charge in [0.15, 0.2) is 0 Å². The van der Waals surface area contributed by atoms with Gasteiger partial charge in [0.05, 0.1) is 19.8 Å². The maximum Gasteiger partial charge on any atom is 0.347 e. The lowest BCUT2D eigenvalue weighted by atomic mass is 9.91. The standard InChI is InChI=1S/C14H15FO4/c1-13-7-17-14(18-8-13,19-9-13)12(16)6-10-4-2-3-5-11(10)15/h2-5H,6-9H2,1H3. The number of fused-ring (bicyclic) bond motifs is 3. The second-order valence-electron chi connectivity index (χ2n) is 5.42. The maximum atomic E-state index is 13.5. The van der Waals surface area contributed by atoms with Gasteiger partial charge in [0.1, 0.15) is 5.82 Å². The molecule has 1 aromatic carbocycles. The summed E-state index contributed by atoms with van der Waals surface area (Å²) in [4.78, 5) is 12.3. The van der Waals surface area contributed by atoms with Crippen LogP contribution in [0.3, 0.4) is 0 Å². The third-order valence-electron chi connectivity index (χ3n) is 3.48. The summed E-state index contributed by atoms with van der Waals surface area (Å²) in [6.45, 7) is 3.21. The fourth-order valence-corrected chi connectivity index (χ4v) is 2.22. The zero-order valence-corrected chi connectivity index (χ0v) is 10.6. The van der Waals surface area contributed by atoms with Gasteiger partial charge >= 0.3 is 5.97 Å². The summed E-state index contributed by atoms with van der Waals surface area (Å²) < 4.78 is 29.8. The first-order valence-electron chi connectivity index (χ1n) is 6.22. The Bertz CT molecular complexity index is 489. The predicted octanol–water partition coefficient (Wildman–Crippen LogP) is 1.67. The van der Waals surface area contributed by atoms with E-state index >= 15 is 0 Å². The van der Waals surface area contributed by atoms with E-state index in [4.69, 9.17) is 14.2 Å². The molecule has 0 atom stereocenters. The summed E-state index contributed by atoms with van der Waals surface area (Å²) in [5.74, 6) is -2.46. The van der Waals surface area contributed by atoms with Gasteiger partial charge < -0.3 is 14.2 Å². The molecule has 3 fully saturated rings. The Morgan fingerprint density at radius 3 is 2.37 bits per heavy atom. The fraction of sp³-hybridized carbons (Fsp3) is 0.500. The molecule has 4 rings (SSSR count). The predicted molar refractivity (Wildman–Crippen MR) is 63.8 cm³/mol. The van der Waals surface area contributed by atoms with Crippen LogP contribution in [0.15, 0.2) is 24.3 Å². The second-order valence-corrected chi connectivity index (χ2v) is 5.42. The Kier molecular flexibility index (Phi) is 2.92. The monoisotopic (exact) mass is 266 g/mol. The Hall–Kier alpha value is -1.30. The van der Waals surface area contributed by atoms with Crippen molar-refractivity contribution in [3.05, 3.63) is 35.6 Å². The van der Waals surface area contributed by atoms with E-state index < -0.39 is 17.6 Å². The zero-order chi connectivity index (χ0) is 13.5. The molecule has 3 saturated heterocycles. The normalized spacial score (nSPS) is 33.4. The Morgan fingerprint density at radius 1 is 1.21 bits per heavy atom. The van der Waals surface area contributed by atoms with Gasteiger partial charge in [-0.25, -0.2) is 4.39 Å². The molecule has 2 bridgehead atoms. The highest BCUT2D eigenvalue weighted by Crippen LogP contribution is 2.38. The molecule has 0 radical (unpaired) electrons. The highest BCUT2D eigenvalue weighted by atomic mass is 19.1. The molecule has 0 unspecified atom stereocenters. The molecule has 0 saturated carbocycles. The molecular weight excluding hydrogens is 251 g/mol. The second kappa shape index (κ2) is 4.37. The zero-order valence-electron chi connectivity index (χ0n) is 10.6. The van der Waals surface area contributed by atoms with Crippen molar-refractivity contribution in [1.82, 2.24) is 0 Å². The first-order chi connectivity index (χ1) is 9.03. The van der Waals surface area contributed by atoms with Crippen LogP contribution >= 0.6 is 0 Å². The highest BCUT2D eigenvalue weighted by molar-refractivity contribution is 5.86. The molecule has 102 valence electrons. The van der Waals surface area contributed by atoms with E-state index in [1.165, 1.54) is 6.07 Å². The van der Waals surface area contributed by atoms with Crippen LogP contribution in [0.4, 0.5) is 4.39 Å². The fourth-order valence-electron chi connectivity index (χ4n) is 2.22. The van der Waals surface area contributed by atoms with Crippen molar-refractivity contribution in [3.63, 3.8) is 0 Å². The number of ether oxygens (including phenoxy) is 3. The van der Waals surface area contributed by atoms with Gasteiger partial charge in [-0.05, 0) is 11.6 Å². The van der Waals surface area contributed by atoms with Crippen LogP contribution in [0, 0.1) is 11.2 Å². The SMILES string of the molecule is CC12COC(C(=O)Cc3ccccc3F)(OC1)OC2. The van der Waals surface area contributed by atoms with Crippen molar-refractivity contribution in [1.29, 1.82) is 0 Å². The molecule has 19 heavy (non-hydrogen) atoms. The van der Waals surface area contributed by atoms with E-state index in [2.05, 4.69) is 0 Å². The van der Waals surface area contributed by atoms with Gasteiger partial charge in [-0.15, -0.1) is 0 Å². The third-order valence-corrected chi connectivity index (χ3v) is 3.48. The molecule has 0 amide bonds. The van der Waals surface area contributed by atoms with Gasteiger partial charge in [0.25, 0.3) is 0 Å². The minimum absolute atomic E-state index is 0.108. The van der Waals surface area contributed by atoms with E-state index in [-0.39, 0.29) is 11.8 Å². The Balaban J connectivity index is 1.76. The van der Waals surface area contributed by atoms with Gasteiger partial charge in [-0.2, -0.15) is 0 Å². The third kappa shape index (κ3) is 2.18. The quantitative estimate of drug-likeness (QED) is 0.835. The van der Waals surface area contributed by atoms with Crippen molar-refractivity contribution in [3.8, 4) is 0 Å². The molecule has 0 N–H and O–H groups in total. The van der Waals surface area contributed by atoms with E-state index in [0.717, 1.165) is 0 Å². The van der Waals surface area contributed by atoms with Crippen molar-refractivity contribution < 1.29 is 23.4 Å². The molecular formula is C14H15FO4. The molecule has 0 spiro atoms. The number of carbonyl (C=O) groups is 1. The Morgan fingerprint density at radius 2 is 1.79 bits per heavy atom. The molecule has 3 aliphatic rings. The average Bonchev–Trinajstić information content (AvgIpc) is 2.42. The minimum Gasteiger partial charge on any atom is -0.320 e. The lowest BCUT2D eigenvalue weighted by Crippen LogP contribution is -2.62. The smallest absolute Gasteiger partial charge is 0.320 e. The summed E-state index contributed by atoms with van der Waals surface area (Å²) in [5, 5.41) is 0.